The molecule has 0 heterocycles. The molecule has 1 atom stereocenters. The Morgan fingerprint density at radius 3 is 2.39 bits per heavy atom. The van der Waals surface area contributed by atoms with Crippen LogP contribution in [-0.4, -0.2) is 24.5 Å². The molecule has 1 aliphatic carbocycles. The van der Waals surface area contributed by atoms with Crippen molar-refractivity contribution in [2.24, 2.45) is 0 Å². The van der Waals surface area contributed by atoms with E-state index in [1.54, 1.807) is 0 Å². The van der Waals surface area contributed by atoms with E-state index in [1.807, 2.05) is 6.92 Å². The Morgan fingerprint density at radius 1 is 1.17 bits per heavy atom. The molecule has 106 valence electrons. The zero-order chi connectivity index (χ0) is 13.2. The van der Waals surface area contributed by atoms with Crippen molar-refractivity contribution >= 4 is 5.91 Å². The standard InChI is InChI=1S/C15H30N2O/c1-3-4-12-16-15(18)13(2)17-14-10-8-6-5-7-9-11-14/h13-14,17H,3-12H2,1-2H3,(H,16,18). The molecule has 18 heavy (non-hydrogen) atoms. The maximum atomic E-state index is 11.9. The highest BCUT2D eigenvalue weighted by atomic mass is 16.2. The Bertz CT molecular complexity index is 223. The van der Waals surface area contributed by atoms with Crippen molar-refractivity contribution < 1.29 is 4.79 Å². The third-order valence-electron chi connectivity index (χ3n) is 3.81. The van der Waals surface area contributed by atoms with Gasteiger partial charge in [-0.1, -0.05) is 45.4 Å². The summed E-state index contributed by atoms with van der Waals surface area (Å²) in [5.41, 5.74) is 0. The van der Waals surface area contributed by atoms with Crippen LogP contribution in [0.25, 0.3) is 0 Å². The lowest BCUT2D eigenvalue weighted by atomic mass is 9.96. The van der Waals surface area contributed by atoms with Crippen LogP contribution in [0.4, 0.5) is 0 Å². The third-order valence-corrected chi connectivity index (χ3v) is 3.81. The molecular weight excluding hydrogens is 224 g/mol. The van der Waals surface area contributed by atoms with E-state index >= 15 is 0 Å². The second-order valence-corrected chi connectivity index (χ2v) is 5.57. The minimum atomic E-state index is -0.0497. The highest BCUT2D eigenvalue weighted by Crippen LogP contribution is 2.17. The molecule has 0 aromatic carbocycles. The Kier molecular flexibility index (Phi) is 8.06. The minimum Gasteiger partial charge on any atom is -0.355 e. The first kappa shape index (κ1) is 15.5. The number of nitrogens with one attached hydrogen (secondary N) is 2. The maximum Gasteiger partial charge on any atom is 0.236 e. The molecule has 1 saturated carbocycles. The summed E-state index contributed by atoms with van der Waals surface area (Å²) >= 11 is 0. The fourth-order valence-electron chi connectivity index (χ4n) is 2.59. The Labute approximate surface area is 112 Å². The summed E-state index contributed by atoms with van der Waals surface area (Å²) in [6.07, 6.45) is 11.4. The molecule has 2 N–H and O–H groups in total. The molecule has 1 aliphatic rings. The number of hydrogen-bond donors (Lipinski definition) is 2. The van der Waals surface area contributed by atoms with E-state index in [0.29, 0.717) is 6.04 Å². The summed E-state index contributed by atoms with van der Waals surface area (Å²) in [4.78, 5) is 11.9. The molecule has 0 aromatic heterocycles. The molecule has 1 fully saturated rings. The van der Waals surface area contributed by atoms with Gasteiger partial charge in [-0.2, -0.15) is 0 Å². The zero-order valence-corrected chi connectivity index (χ0v) is 12.1. The summed E-state index contributed by atoms with van der Waals surface area (Å²) in [5.74, 6) is 0.158. The van der Waals surface area contributed by atoms with Gasteiger partial charge in [0.15, 0.2) is 0 Å². The van der Waals surface area contributed by atoms with Crippen molar-refractivity contribution in [3.8, 4) is 0 Å². The topological polar surface area (TPSA) is 41.1 Å². The molecule has 3 nitrogen and oxygen atoms in total. The summed E-state index contributed by atoms with van der Waals surface area (Å²) in [6, 6.07) is 0.489. The lowest BCUT2D eigenvalue weighted by Gasteiger charge is -2.24. The number of rotatable bonds is 6. The molecule has 0 aliphatic heterocycles. The molecule has 3 heteroatoms. The summed E-state index contributed by atoms with van der Waals surface area (Å²) in [7, 11) is 0. The quantitative estimate of drug-likeness (QED) is 0.715. The fourth-order valence-corrected chi connectivity index (χ4v) is 2.59. The summed E-state index contributed by atoms with van der Waals surface area (Å²) in [5, 5.41) is 6.50. The van der Waals surface area contributed by atoms with Crippen LogP contribution in [0.3, 0.4) is 0 Å². The largest absolute Gasteiger partial charge is 0.355 e. The van der Waals surface area contributed by atoms with Crippen LogP contribution in [0.5, 0.6) is 0 Å². The molecular formula is C15H30N2O. The normalized spacial score (nSPS) is 19.9. The highest BCUT2D eigenvalue weighted by Gasteiger charge is 2.17. The van der Waals surface area contributed by atoms with E-state index in [2.05, 4.69) is 17.6 Å². The monoisotopic (exact) mass is 254 g/mol. The van der Waals surface area contributed by atoms with Gasteiger partial charge in [-0.25, -0.2) is 0 Å². The van der Waals surface area contributed by atoms with Gasteiger partial charge in [-0.15, -0.1) is 0 Å². The number of unbranched alkanes of at least 4 members (excludes halogenated alkanes) is 1. The van der Waals surface area contributed by atoms with Crippen molar-refractivity contribution in [3.63, 3.8) is 0 Å². The van der Waals surface area contributed by atoms with E-state index in [9.17, 15) is 4.79 Å². The van der Waals surface area contributed by atoms with Crippen molar-refractivity contribution in [1.29, 1.82) is 0 Å². The Balaban J connectivity index is 2.23. The molecule has 0 bridgehead atoms. The number of carbonyl (C=O) groups is 1. The highest BCUT2D eigenvalue weighted by molar-refractivity contribution is 5.81. The van der Waals surface area contributed by atoms with Crippen LogP contribution >= 0.6 is 0 Å². The van der Waals surface area contributed by atoms with Gasteiger partial charge in [0.25, 0.3) is 0 Å². The zero-order valence-electron chi connectivity index (χ0n) is 12.1. The van der Waals surface area contributed by atoms with Crippen LogP contribution in [0.15, 0.2) is 0 Å². The SMILES string of the molecule is CCCCNC(=O)C(C)NC1CCCCCCC1. The van der Waals surface area contributed by atoms with Crippen molar-refractivity contribution in [3.05, 3.63) is 0 Å². The van der Waals surface area contributed by atoms with E-state index in [4.69, 9.17) is 0 Å². The first-order chi connectivity index (χ1) is 8.74. The van der Waals surface area contributed by atoms with Crippen molar-refractivity contribution in [1.82, 2.24) is 10.6 Å². The maximum absolute atomic E-state index is 11.9. The van der Waals surface area contributed by atoms with Gasteiger partial charge >= 0.3 is 0 Å². The van der Waals surface area contributed by atoms with Gasteiger partial charge in [0.2, 0.25) is 5.91 Å². The molecule has 0 spiro atoms. The van der Waals surface area contributed by atoms with Crippen LogP contribution in [0.2, 0.25) is 0 Å². The van der Waals surface area contributed by atoms with E-state index in [-0.39, 0.29) is 11.9 Å². The van der Waals surface area contributed by atoms with Crippen LogP contribution < -0.4 is 10.6 Å². The predicted molar refractivity (Wildman–Crippen MR) is 76.6 cm³/mol. The second-order valence-electron chi connectivity index (χ2n) is 5.57. The molecule has 0 aromatic rings. The summed E-state index contributed by atoms with van der Waals surface area (Å²) < 4.78 is 0. The fraction of sp³-hybridized carbons (Fsp3) is 0.933. The molecule has 1 unspecified atom stereocenters. The first-order valence-electron chi connectivity index (χ1n) is 7.77. The van der Waals surface area contributed by atoms with Crippen LogP contribution in [-0.2, 0) is 4.79 Å². The molecule has 1 rings (SSSR count). The van der Waals surface area contributed by atoms with E-state index < -0.39 is 0 Å². The smallest absolute Gasteiger partial charge is 0.236 e. The molecule has 0 radical (unpaired) electrons. The average molecular weight is 254 g/mol. The second kappa shape index (κ2) is 9.37. The average Bonchev–Trinajstić information content (AvgIpc) is 2.32. The number of hydrogen-bond acceptors (Lipinski definition) is 2. The Hall–Kier alpha value is -0.570. The molecule has 0 saturated heterocycles. The number of amides is 1. The first-order valence-corrected chi connectivity index (χ1v) is 7.77. The van der Waals surface area contributed by atoms with E-state index in [0.717, 1.165) is 19.4 Å². The van der Waals surface area contributed by atoms with Crippen molar-refractivity contribution in [2.45, 2.75) is 83.7 Å². The lowest BCUT2D eigenvalue weighted by Crippen LogP contribution is -2.47. The molecule has 1 amide bonds. The van der Waals surface area contributed by atoms with Gasteiger partial charge in [0.1, 0.15) is 0 Å². The Morgan fingerprint density at radius 2 is 1.78 bits per heavy atom. The number of carbonyl (C=O) groups excluding carboxylic acids is 1. The van der Waals surface area contributed by atoms with Crippen LogP contribution in [0.1, 0.15) is 71.6 Å². The van der Waals surface area contributed by atoms with E-state index in [1.165, 1.54) is 44.9 Å². The lowest BCUT2D eigenvalue weighted by molar-refractivity contribution is -0.123. The van der Waals surface area contributed by atoms with Crippen LogP contribution in [0, 0.1) is 0 Å². The third kappa shape index (κ3) is 6.39. The van der Waals surface area contributed by atoms with Gasteiger partial charge in [-0.05, 0) is 26.2 Å². The minimum absolute atomic E-state index is 0.0497. The summed E-state index contributed by atoms with van der Waals surface area (Å²) in [6.45, 7) is 4.94. The van der Waals surface area contributed by atoms with Gasteiger partial charge < -0.3 is 10.6 Å². The van der Waals surface area contributed by atoms with Gasteiger partial charge in [-0.3, -0.25) is 4.79 Å². The van der Waals surface area contributed by atoms with Gasteiger partial charge in [0.05, 0.1) is 6.04 Å². The van der Waals surface area contributed by atoms with Crippen molar-refractivity contribution in [2.75, 3.05) is 6.54 Å². The van der Waals surface area contributed by atoms with Gasteiger partial charge in [0, 0.05) is 12.6 Å². The predicted octanol–water partition coefficient (Wildman–Crippen LogP) is 2.99.